The molecule has 2 rings (SSSR count). The molecule has 1 unspecified atom stereocenters. The first kappa shape index (κ1) is 11.5. The molecule has 0 aromatic carbocycles. The lowest BCUT2D eigenvalue weighted by Gasteiger charge is -2.24. The van der Waals surface area contributed by atoms with Gasteiger partial charge in [-0.25, -0.2) is 0 Å². The first-order chi connectivity index (χ1) is 7.81. The second-order valence-corrected chi connectivity index (χ2v) is 4.61. The van der Waals surface area contributed by atoms with E-state index in [-0.39, 0.29) is 5.97 Å². The molecule has 0 aromatic rings. The van der Waals surface area contributed by atoms with Gasteiger partial charge in [-0.2, -0.15) is 0 Å². The van der Waals surface area contributed by atoms with Crippen LogP contribution in [-0.2, 0) is 9.53 Å². The van der Waals surface area contributed by atoms with E-state index in [4.69, 9.17) is 4.74 Å². The molecule has 1 aliphatic carbocycles. The number of hydrogen-bond acceptors (Lipinski definition) is 3. The Hall–Kier alpha value is -0.990. The van der Waals surface area contributed by atoms with Crippen LogP contribution < -0.4 is 0 Å². The Labute approximate surface area is 97.5 Å². The summed E-state index contributed by atoms with van der Waals surface area (Å²) in [6.07, 6.45) is 7.71. The molecule has 16 heavy (non-hydrogen) atoms. The standard InChI is InChI=1S/C13H21NO2/c1-2-16-13(15)10-11-6-5-7-12(11)14-8-3-4-9-14/h7,11H,2-6,8-10H2,1H3. The van der Waals surface area contributed by atoms with Crippen molar-refractivity contribution in [1.82, 2.24) is 4.90 Å². The Kier molecular flexibility index (Phi) is 3.86. The molecule has 0 N–H and O–H groups in total. The summed E-state index contributed by atoms with van der Waals surface area (Å²) in [6.45, 7) is 4.70. The van der Waals surface area contributed by atoms with Crippen LogP contribution in [0.1, 0.15) is 39.0 Å². The van der Waals surface area contributed by atoms with Crippen molar-refractivity contribution in [3.63, 3.8) is 0 Å². The van der Waals surface area contributed by atoms with Crippen LogP contribution in [0.2, 0.25) is 0 Å². The van der Waals surface area contributed by atoms with E-state index < -0.39 is 0 Å². The molecule has 90 valence electrons. The van der Waals surface area contributed by atoms with Gasteiger partial charge in [0.05, 0.1) is 13.0 Å². The fourth-order valence-corrected chi connectivity index (χ4v) is 2.74. The highest BCUT2D eigenvalue weighted by molar-refractivity contribution is 5.70. The Morgan fingerprint density at radius 2 is 2.25 bits per heavy atom. The van der Waals surface area contributed by atoms with Crippen molar-refractivity contribution in [2.75, 3.05) is 19.7 Å². The molecule has 1 fully saturated rings. The maximum atomic E-state index is 11.5. The van der Waals surface area contributed by atoms with E-state index in [9.17, 15) is 4.79 Å². The quantitative estimate of drug-likeness (QED) is 0.685. The molecule has 0 amide bonds. The molecule has 1 aliphatic heterocycles. The van der Waals surface area contributed by atoms with Crippen LogP contribution in [0.4, 0.5) is 0 Å². The van der Waals surface area contributed by atoms with E-state index >= 15 is 0 Å². The molecule has 0 radical (unpaired) electrons. The maximum Gasteiger partial charge on any atom is 0.306 e. The molecular formula is C13H21NO2. The number of allylic oxidation sites excluding steroid dienone is 2. The predicted molar refractivity (Wildman–Crippen MR) is 62.9 cm³/mol. The van der Waals surface area contributed by atoms with E-state index in [1.54, 1.807) is 0 Å². The molecule has 1 atom stereocenters. The minimum absolute atomic E-state index is 0.0421. The van der Waals surface area contributed by atoms with Crippen molar-refractivity contribution >= 4 is 5.97 Å². The predicted octanol–water partition coefficient (Wildman–Crippen LogP) is 2.33. The molecule has 3 heteroatoms. The summed E-state index contributed by atoms with van der Waals surface area (Å²) in [5, 5.41) is 0. The highest BCUT2D eigenvalue weighted by atomic mass is 16.5. The molecule has 3 nitrogen and oxygen atoms in total. The molecule has 2 aliphatic rings. The summed E-state index contributed by atoms with van der Waals surface area (Å²) in [4.78, 5) is 13.9. The second kappa shape index (κ2) is 5.37. The Bertz CT molecular complexity index is 280. The number of esters is 1. The summed E-state index contributed by atoms with van der Waals surface area (Å²) < 4.78 is 5.03. The van der Waals surface area contributed by atoms with Gasteiger partial charge in [0.15, 0.2) is 0 Å². The van der Waals surface area contributed by atoms with Crippen molar-refractivity contribution in [3.8, 4) is 0 Å². The fraction of sp³-hybridized carbons (Fsp3) is 0.769. The number of carbonyl (C=O) groups is 1. The van der Waals surface area contributed by atoms with Gasteiger partial charge in [0, 0.05) is 24.7 Å². The molecular weight excluding hydrogens is 202 g/mol. The number of ether oxygens (including phenoxy) is 1. The summed E-state index contributed by atoms with van der Waals surface area (Å²) in [7, 11) is 0. The summed E-state index contributed by atoms with van der Waals surface area (Å²) >= 11 is 0. The van der Waals surface area contributed by atoms with E-state index in [2.05, 4.69) is 11.0 Å². The van der Waals surface area contributed by atoms with E-state index in [1.807, 2.05) is 6.92 Å². The molecule has 0 aromatic heterocycles. The number of nitrogens with zero attached hydrogens (tertiary/aromatic N) is 1. The Morgan fingerprint density at radius 1 is 1.50 bits per heavy atom. The van der Waals surface area contributed by atoms with Crippen LogP contribution in [0.5, 0.6) is 0 Å². The number of rotatable bonds is 4. The van der Waals surface area contributed by atoms with Gasteiger partial charge in [-0.15, -0.1) is 0 Å². The summed E-state index contributed by atoms with van der Waals surface area (Å²) in [6, 6.07) is 0. The van der Waals surface area contributed by atoms with E-state index in [1.165, 1.54) is 31.6 Å². The largest absolute Gasteiger partial charge is 0.466 e. The van der Waals surface area contributed by atoms with E-state index in [0.717, 1.165) is 12.8 Å². The molecule has 1 heterocycles. The lowest BCUT2D eigenvalue weighted by molar-refractivity contribution is -0.144. The topological polar surface area (TPSA) is 29.5 Å². The smallest absolute Gasteiger partial charge is 0.306 e. The number of hydrogen-bond donors (Lipinski definition) is 0. The molecule has 0 saturated carbocycles. The van der Waals surface area contributed by atoms with Gasteiger partial charge in [0.2, 0.25) is 0 Å². The first-order valence-electron chi connectivity index (χ1n) is 6.42. The van der Waals surface area contributed by atoms with Gasteiger partial charge in [-0.1, -0.05) is 6.08 Å². The first-order valence-corrected chi connectivity index (χ1v) is 6.42. The van der Waals surface area contributed by atoms with Gasteiger partial charge < -0.3 is 9.64 Å². The average Bonchev–Trinajstić information content (AvgIpc) is 2.86. The lowest BCUT2D eigenvalue weighted by atomic mass is 10.0. The van der Waals surface area contributed by atoms with Crippen LogP contribution in [0.15, 0.2) is 11.8 Å². The van der Waals surface area contributed by atoms with Gasteiger partial charge in [-0.3, -0.25) is 4.79 Å². The fourth-order valence-electron chi connectivity index (χ4n) is 2.74. The maximum absolute atomic E-state index is 11.5. The van der Waals surface area contributed by atoms with Crippen molar-refractivity contribution < 1.29 is 9.53 Å². The summed E-state index contributed by atoms with van der Waals surface area (Å²) in [5.41, 5.74) is 1.41. The third-order valence-electron chi connectivity index (χ3n) is 3.48. The van der Waals surface area contributed by atoms with Gasteiger partial charge >= 0.3 is 5.97 Å². The van der Waals surface area contributed by atoms with Crippen LogP contribution >= 0.6 is 0 Å². The zero-order chi connectivity index (χ0) is 11.4. The second-order valence-electron chi connectivity index (χ2n) is 4.61. The van der Waals surface area contributed by atoms with Gasteiger partial charge in [-0.05, 0) is 32.6 Å². The summed E-state index contributed by atoms with van der Waals surface area (Å²) in [5.74, 6) is 0.372. The molecule has 0 spiro atoms. The highest BCUT2D eigenvalue weighted by Crippen LogP contribution is 2.33. The Morgan fingerprint density at radius 3 is 2.94 bits per heavy atom. The number of likely N-dealkylation sites (tertiary alicyclic amines) is 1. The Balaban J connectivity index is 1.89. The van der Waals surface area contributed by atoms with Crippen LogP contribution in [-0.4, -0.2) is 30.6 Å². The average molecular weight is 223 g/mol. The van der Waals surface area contributed by atoms with E-state index in [0.29, 0.717) is 18.9 Å². The van der Waals surface area contributed by atoms with Crippen molar-refractivity contribution in [2.45, 2.75) is 39.0 Å². The van der Waals surface area contributed by atoms with Gasteiger partial charge in [0.1, 0.15) is 0 Å². The van der Waals surface area contributed by atoms with Crippen LogP contribution in [0.3, 0.4) is 0 Å². The zero-order valence-corrected chi connectivity index (χ0v) is 10.1. The SMILES string of the molecule is CCOC(=O)CC1CCC=C1N1CCCC1. The molecule has 1 saturated heterocycles. The zero-order valence-electron chi connectivity index (χ0n) is 10.1. The molecule has 0 bridgehead atoms. The highest BCUT2D eigenvalue weighted by Gasteiger charge is 2.27. The monoisotopic (exact) mass is 223 g/mol. The van der Waals surface area contributed by atoms with Crippen molar-refractivity contribution in [2.24, 2.45) is 5.92 Å². The third kappa shape index (κ3) is 2.57. The third-order valence-corrected chi connectivity index (χ3v) is 3.48. The minimum atomic E-state index is -0.0421. The van der Waals surface area contributed by atoms with Crippen LogP contribution in [0.25, 0.3) is 0 Å². The van der Waals surface area contributed by atoms with Crippen LogP contribution in [0, 0.1) is 5.92 Å². The van der Waals surface area contributed by atoms with Crippen molar-refractivity contribution in [1.29, 1.82) is 0 Å². The number of carbonyl (C=O) groups excluding carboxylic acids is 1. The van der Waals surface area contributed by atoms with Crippen molar-refractivity contribution in [3.05, 3.63) is 11.8 Å². The normalized spacial score (nSPS) is 24.7. The minimum Gasteiger partial charge on any atom is -0.466 e. The van der Waals surface area contributed by atoms with Gasteiger partial charge in [0.25, 0.3) is 0 Å². The lowest BCUT2D eigenvalue weighted by Crippen LogP contribution is -2.24.